The van der Waals surface area contributed by atoms with Crippen LogP contribution >= 0.6 is 24.0 Å². The first-order valence-electron chi connectivity index (χ1n) is 4.21. The van der Waals surface area contributed by atoms with Crippen LogP contribution in [-0.4, -0.2) is 29.7 Å². The van der Waals surface area contributed by atoms with Gasteiger partial charge in [-0.15, -0.1) is 24.0 Å². The molecule has 0 fully saturated rings. The summed E-state index contributed by atoms with van der Waals surface area (Å²) in [5.41, 5.74) is 0.625. The summed E-state index contributed by atoms with van der Waals surface area (Å²) in [6, 6.07) is 0. The molecule has 0 aliphatic heterocycles. The Bertz CT molecular complexity index is 157. The molecule has 6 heteroatoms. The van der Waals surface area contributed by atoms with Crippen LogP contribution in [0.2, 0.25) is 6.32 Å². The molecule has 0 bridgehead atoms. The third-order valence-corrected chi connectivity index (χ3v) is 1.38. The Morgan fingerprint density at radius 2 is 1.50 bits per heavy atom. The van der Waals surface area contributed by atoms with Gasteiger partial charge in [0.2, 0.25) is 0 Å². The lowest BCUT2D eigenvalue weighted by Crippen LogP contribution is -2.04. The van der Waals surface area contributed by atoms with Crippen molar-refractivity contribution in [1.82, 2.24) is 0 Å². The van der Waals surface area contributed by atoms with Gasteiger partial charge in [0.1, 0.15) is 11.4 Å². The zero-order valence-electron chi connectivity index (χ0n) is 8.90. The fraction of sp³-hybridized carbons (Fsp3) is 0.750. The highest BCUT2D eigenvalue weighted by atomic mass is 127. The van der Waals surface area contributed by atoms with Crippen LogP contribution < -0.4 is 0 Å². The maximum Gasteiger partial charge on any atom is 0.101 e. The molecule has 0 aromatic rings. The van der Waals surface area contributed by atoms with Crippen LogP contribution in [0.25, 0.3) is 0 Å². The summed E-state index contributed by atoms with van der Waals surface area (Å²) in [6.45, 7) is 5.21. The predicted molar refractivity (Wildman–Crippen MR) is 70.7 cm³/mol. The van der Waals surface area contributed by atoms with Gasteiger partial charge in [0.15, 0.2) is 0 Å². The number of hydrogen-bond acceptors (Lipinski definition) is 4. The standard InChI is InChI=1S/C4H9B.C4H8N2O2.HI/c1-2-3-4-5;1-3(5-7)4(2)6-8;/h2-4H2,1H3;7-8H,1-2H3;1H. The van der Waals surface area contributed by atoms with Crippen LogP contribution in [0.3, 0.4) is 0 Å². The maximum absolute atomic E-state index is 8.03. The number of unbranched alkanes of at least 4 members (excludes halogenated alkanes) is 1. The summed E-state index contributed by atoms with van der Waals surface area (Å²) < 4.78 is 0. The Labute approximate surface area is 104 Å². The minimum absolute atomic E-state index is 0. The van der Waals surface area contributed by atoms with Gasteiger partial charge in [-0.2, -0.15) is 0 Å². The summed E-state index contributed by atoms with van der Waals surface area (Å²) in [5.74, 6) is 0. The topological polar surface area (TPSA) is 65.2 Å². The molecule has 82 valence electrons. The van der Waals surface area contributed by atoms with E-state index in [4.69, 9.17) is 18.3 Å². The lowest BCUT2D eigenvalue weighted by molar-refractivity contribution is 0.313. The van der Waals surface area contributed by atoms with Crippen molar-refractivity contribution < 1.29 is 10.4 Å². The molecule has 0 aromatic heterocycles. The first-order valence-corrected chi connectivity index (χ1v) is 4.21. The van der Waals surface area contributed by atoms with E-state index in [1.54, 1.807) is 0 Å². The minimum atomic E-state index is 0. The quantitative estimate of drug-likeness (QED) is 0.277. The molecule has 14 heavy (non-hydrogen) atoms. The highest BCUT2D eigenvalue weighted by Gasteiger charge is 1.93. The molecule has 2 N–H and O–H groups in total. The largest absolute Gasteiger partial charge is 0.411 e. The Balaban J connectivity index is -0.000000177. The summed E-state index contributed by atoms with van der Waals surface area (Å²) in [5, 5.41) is 21.6. The van der Waals surface area contributed by atoms with E-state index in [2.05, 4.69) is 17.2 Å². The number of nitrogens with zero attached hydrogens (tertiary/aromatic N) is 2. The fourth-order valence-electron chi connectivity index (χ4n) is 0.349. The molecule has 0 saturated heterocycles. The normalized spacial score (nSPS) is 11.1. The molecular formula is C8H18BIN2O2. The van der Waals surface area contributed by atoms with Crippen LogP contribution in [0, 0.1) is 0 Å². The second kappa shape index (κ2) is 15.2. The average Bonchev–Trinajstić information content (AvgIpc) is 2.17. The van der Waals surface area contributed by atoms with E-state index < -0.39 is 0 Å². The van der Waals surface area contributed by atoms with Crippen molar-refractivity contribution in [1.29, 1.82) is 0 Å². The van der Waals surface area contributed by atoms with Crippen molar-refractivity contribution in [2.24, 2.45) is 10.3 Å². The summed E-state index contributed by atoms with van der Waals surface area (Å²) in [4.78, 5) is 0. The Morgan fingerprint density at radius 1 is 1.14 bits per heavy atom. The Kier molecular flexibility index (Phi) is 21.0. The molecule has 0 amide bonds. The summed E-state index contributed by atoms with van der Waals surface area (Å²) in [7, 11) is 5.14. The molecule has 4 nitrogen and oxygen atoms in total. The highest BCUT2D eigenvalue weighted by Crippen LogP contribution is 1.86. The lowest BCUT2D eigenvalue weighted by atomic mass is 10.0. The van der Waals surface area contributed by atoms with Gasteiger partial charge in [-0.3, -0.25) is 0 Å². The van der Waals surface area contributed by atoms with Crippen LogP contribution in [-0.2, 0) is 0 Å². The molecular weight excluding hydrogens is 294 g/mol. The average molecular weight is 312 g/mol. The number of hydrogen-bond donors (Lipinski definition) is 2. The van der Waals surface area contributed by atoms with Crippen LogP contribution in [0.5, 0.6) is 0 Å². The predicted octanol–water partition coefficient (Wildman–Crippen LogP) is 2.68. The van der Waals surface area contributed by atoms with Crippen LogP contribution in [0.15, 0.2) is 10.3 Å². The lowest BCUT2D eigenvalue weighted by Gasteiger charge is -1.88. The number of oxime groups is 2. The van der Waals surface area contributed by atoms with Crippen molar-refractivity contribution in [2.75, 3.05) is 0 Å². The molecule has 0 aliphatic carbocycles. The minimum Gasteiger partial charge on any atom is -0.411 e. The van der Waals surface area contributed by atoms with Gasteiger partial charge in [0.25, 0.3) is 0 Å². The third kappa shape index (κ3) is 14.3. The molecule has 2 radical (unpaired) electrons. The van der Waals surface area contributed by atoms with E-state index in [0.717, 1.165) is 6.32 Å². The first kappa shape index (κ1) is 19.3. The van der Waals surface area contributed by atoms with E-state index in [0.29, 0.717) is 11.4 Å². The van der Waals surface area contributed by atoms with Gasteiger partial charge in [0.05, 0.1) is 7.85 Å². The molecule has 0 aliphatic rings. The first-order chi connectivity index (χ1) is 6.13. The zero-order valence-corrected chi connectivity index (χ0v) is 11.2. The molecule has 0 heterocycles. The maximum atomic E-state index is 8.03. The van der Waals surface area contributed by atoms with E-state index in [-0.39, 0.29) is 24.0 Å². The van der Waals surface area contributed by atoms with Gasteiger partial charge in [-0.05, 0) is 13.8 Å². The van der Waals surface area contributed by atoms with Crippen molar-refractivity contribution in [3.8, 4) is 0 Å². The molecule has 0 atom stereocenters. The van der Waals surface area contributed by atoms with Crippen molar-refractivity contribution in [3.63, 3.8) is 0 Å². The van der Waals surface area contributed by atoms with E-state index in [1.165, 1.54) is 26.7 Å². The number of rotatable bonds is 3. The summed E-state index contributed by atoms with van der Waals surface area (Å²) in [6.07, 6.45) is 3.23. The van der Waals surface area contributed by atoms with Gasteiger partial charge in [-0.1, -0.05) is 36.4 Å². The van der Waals surface area contributed by atoms with E-state index in [9.17, 15) is 0 Å². The highest BCUT2D eigenvalue weighted by molar-refractivity contribution is 14.0. The van der Waals surface area contributed by atoms with E-state index in [1.807, 2.05) is 0 Å². The smallest absolute Gasteiger partial charge is 0.101 e. The van der Waals surface area contributed by atoms with Gasteiger partial charge >= 0.3 is 0 Å². The van der Waals surface area contributed by atoms with Crippen molar-refractivity contribution in [3.05, 3.63) is 0 Å². The van der Waals surface area contributed by atoms with Crippen molar-refractivity contribution >= 4 is 43.2 Å². The number of halogens is 1. The van der Waals surface area contributed by atoms with Crippen LogP contribution in [0.4, 0.5) is 0 Å². The fourth-order valence-corrected chi connectivity index (χ4v) is 0.349. The second-order valence-corrected chi connectivity index (χ2v) is 2.51. The van der Waals surface area contributed by atoms with Gasteiger partial charge in [0, 0.05) is 0 Å². The Morgan fingerprint density at radius 3 is 1.57 bits per heavy atom. The summed E-state index contributed by atoms with van der Waals surface area (Å²) >= 11 is 0. The second-order valence-electron chi connectivity index (χ2n) is 2.51. The van der Waals surface area contributed by atoms with Gasteiger partial charge in [-0.25, -0.2) is 0 Å². The Hall–Kier alpha value is -0.265. The zero-order chi connectivity index (χ0) is 10.7. The van der Waals surface area contributed by atoms with E-state index >= 15 is 0 Å². The monoisotopic (exact) mass is 312 g/mol. The molecule has 0 saturated carbocycles. The van der Waals surface area contributed by atoms with Crippen LogP contribution in [0.1, 0.15) is 33.6 Å². The SMILES string of the molecule is CC(=NO)C(C)=NO.I.[B]CCCC. The molecule has 0 aromatic carbocycles. The molecule has 0 spiro atoms. The molecule has 0 unspecified atom stereocenters. The third-order valence-electron chi connectivity index (χ3n) is 1.38. The van der Waals surface area contributed by atoms with Crippen molar-refractivity contribution in [2.45, 2.75) is 39.9 Å². The van der Waals surface area contributed by atoms with Gasteiger partial charge < -0.3 is 10.4 Å². The molecule has 0 rings (SSSR count).